The van der Waals surface area contributed by atoms with Gasteiger partial charge in [0.05, 0.1) is 10.7 Å². The normalized spacial score (nSPS) is 11.1. The Morgan fingerprint density at radius 2 is 1.91 bits per heavy atom. The maximum atomic E-state index is 12.4. The first-order valence-electron chi connectivity index (χ1n) is 10.2. The molecular formula is C26H20BrClN2O3. The minimum atomic E-state index is -0.424. The van der Waals surface area contributed by atoms with Crippen molar-refractivity contribution in [3.05, 3.63) is 111 Å². The van der Waals surface area contributed by atoms with Crippen molar-refractivity contribution in [1.82, 2.24) is 5.43 Å². The van der Waals surface area contributed by atoms with E-state index in [4.69, 9.17) is 20.8 Å². The third kappa shape index (κ3) is 5.53. The zero-order valence-electron chi connectivity index (χ0n) is 17.6. The summed E-state index contributed by atoms with van der Waals surface area (Å²) in [5.74, 6) is 0.482. The van der Waals surface area contributed by atoms with Crippen LogP contribution in [-0.2, 0) is 13.0 Å². The highest BCUT2D eigenvalue weighted by Crippen LogP contribution is 2.32. The predicted octanol–water partition coefficient (Wildman–Crippen LogP) is 6.92. The van der Waals surface area contributed by atoms with Gasteiger partial charge in [0.1, 0.15) is 17.9 Å². The second-order valence-corrected chi connectivity index (χ2v) is 8.47. The molecule has 4 aromatic rings. The van der Waals surface area contributed by atoms with Gasteiger partial charge in [-0.2, -0.15) is 5.10 Å². The molecule has 4 rings (SSSR count). The number of benzene rings is 3. The lowest BCUT2D eigenvalue weighted by atomic mass is 10.1. The van der Waals surface area contributed by atoms with E-state index in [1.54, 1.807) is 18.4 Å². The minimum absolute atomic E-state index is 0.199. The molecule has 1 heterocycles. The van der Waals surface area contributed by atoms with E-state index >= 15 is 0 Å². The molecular weight excluding hydrogens is 504 g/mol. The second kappa shape index (κ2) is 10.5. The van der Waals surface area contributed by atoms with Crippen molar-refractivity contribution in [2.75, 3.05) is 0 Å². The van der Waals surface area contributed by atoms with Gasteiger partial charge >= 0.3 is 5.91 Å². The Labute approximate surface area is 204 Å². The zero-order chi connectivity index (χ0) is 23.2. The topological polar surface area (TPSA) is 63.8 Å². The lowest BCUT2D eigenvalue weighted by Gasteiger charge is -2.14. The number of furan rings is 1. The standard InChI is InChI=1S/C26H20BrClN2O3/c1-2-7-19-12-17(13-21(27)25(19)32-16-20-9-3-5-10-22(20)28)15-29-30-26(31)24-14-18-8-4-6-11-23(18)33-24/h2-6,8-15H,1,7,16H2,(H,30,31)/b29-15+. The fourth-order valence-electron chi connectivity index (χ4n) is 3.30. The Morgan fingerprint density at radius 3 is 2.70 bits per heavy atom. The highest BCUT2D eigenvalue weighted by atomic mass is 79.9. The van der Waals surface area contributed by atoms with Gasteiger partial charge in [-0.1, -0.05) is 54.1 Å². The van der Waals surface area contributed by atoms with E-state index in [1.807, 2.05) is 60.7 Å². The molecule has 1 N–H and O–H groups in total. The van der Waals surface area contributed by atoms with Gasteiger partial charge in [-0.15, -0.1) is 6.58 Å². The third-order valence-electron chi connectivity index (χ3n) is 4.87. The van der Waals surface area contributed by atoms with Gasteiger partial charge in [0.25, 0.3) is 0 Å². The van der Waals surface area contributed by atoms with Gasteiger partial charge in [-0.3, -0.25) is 4.79 Å². The largest absolute Gasteiger partial charge is 0.487 e. The summed E-state index contributed by atoms with van der Waals surface area (Å²) in [5, 5.41) is 5.59. The lowest BCUT2D eigenvalue weighted by molar-refractivity contribution is 0.0929. The van der Waals surface area contributed by atoms with Crippen LogP contribution in [0.1, 0.15) is 27.2 Å². The van der Waals surface area contributed by atoms with Crippen molar-refractivity contribution in [3.8, 4) is 5.75 Å². The highest BCUT2D eigenvalue weighted by molar-refractivity contribution is 9.10. The average molecular weight is 524 g/mol. The first-order chi connectivity index (χ1) is 16.0. The van der Waals surface area contributed by atoms with E-state index in [-0.39, 0.29) is 5.76 Å². The molecule has 0 bridgehead atoms. The van der Waals surface area contributed by atoms with E-state index in [2.05, 4.69) is 33.0 Å². The highest BCUT2D eigenvalue weighted by Gasteiger charge is 2.13. The number of hydrogen-bond donors (Lipinski definition) is 1. The molecule has 0 saturated carbocycles. The van der Waals surface area contributed by atoms with Crippen molar-refractivity contribution in [2.45, 2.75) is 13.0 Å². The number of hydrogen-bond acceptors (Lipinski definition) is 4. The van der Waals surface area contributed by atoms with Crippen LogP contribution >= 0.6 is 27.5 Å². The first-order valence-corrected chi connectivity index (χ1v) is 11.3. The molecule has 1 aromatic heterocycles. The number of allylic oxidation sites excluding steroid dienone is 1. The van der Waals surface area contributed by atoms with Crippen LogP contribution in [-0.4, -0.2) is 12.1 Å². The molecule has 0 atom stereocenters. The summed E-state index contributed by atoms with van der Waals surface area (Å²) >= 11 is 9.82. The van der Waals surface area contributed by atoms with Crippen LogP contribution in [0.3, 0.4) is 0 Å². The molecule has 33 heavy (non-hydrogen) atoms. The molecule has 7 heteroatoms. The number of rotatable bonds is 8. The Bertz CT molecular complexity index is 1310. The summed E-state index contributed by atoms with van der Waals surface area (Å²) < 4.78 is 12.4. The van der Waals surface area contributed by atoms with Crippen molar-refractivity contribution >= 4 is 50.6 Å². The molecule has 0 radical (unpaired) electrons. The Balaban J connectivity index is 1.48. The molecule has 0 unspecified atom stereocenters. The number of amides is 1. The van der Waals surface area contributed by atoms with Crippen LogP contribution in [0, 0.1) is 0 Å². The number of nitrogens with one attached hydrogen (secondary N) is 1. The number of carbonyl (C=O) groups is 1. The molecule has 0 saturated heterocycles. The second-order valence-electron chi connectivity index (χ2n) is 7.21. The van der Waals surface area contributed by atoms with E-state index in [1.165, 1.54) is 0 Å². The van der Waals surface area contributed by atoms with Crippen LogP contribution in [0.5, 0.6) is 5.75 Å². The first kappa shape index (κ1) is 22.8. The zero-order valence-corrected chi connectivity index (χ0v) is 19.9. The maximum Gasteiger partial charge on any atom is 0.307 e. The fraction of sp³-hybridized carbons (Fsp3) is 0.0769. The van der Waals surface area contributed by atoms with E-state index < -0.39 is 5.91 Å². The molecule has 166 valence electrons. The quantitative estimate of drug-likeness (QED) is 0.155. The van der Waals surface area contributed by atoms with Crippen LogP contribution in [0.2, 0.25) is 5.02 Å². The smallest absolute Gasteiger partial charge is 0.307 e. The van der Waals surface area contributed by atoms with Crippen molar-refractivity contribution < 1.29 is 13.9 Å². The summed E-state index contributed by atoms with van der Waals surface area (Å²) in [6, 6.07) is 20.5. The van der Waals surface area contributed by atoms with Crippen molar-refractivity contribution in [1.29, 1.82) is 0 Å². The number of hydrazone groups is 1. The van der Waals surface area contributed by atoms with Crippen LogP contribution in [0.25, 0.3) is 11.0 Å². The SMILES string of the molecule is C=CCc1cc(/C=N/NC(=O)c2cc3ccccc3o2)cc(Br)c1OCc1ccccc1Cl. The lowest BCUT2D eigenvalue weighted by Crippen LogP contribution is -2.16. The third-order valence-corrected chi connectivity index (χ3v) is 5.82. The number of fused-ring (bicyclic) bond motifs is 1. The molecule has 0 aliphatic carbocycles. The molecule has 0 aliphatic heterocycles. The van der Waals surface area contributed by atoms with E-state index in [0.717, 1.165) is 26.5 Å². The number of para-hydroxylation sites is 1. The van der Waals surface area contributed by atoms with E-state index in [9.17, 15) is 4.79 Å². The van der Waals surface area contributed by atoms with Gasteiger partial charge in [-0.25, -0.2) is 5.43 Å². The summed E-state index contributed by atoms with van der Waals surface area (Å²) in [7, 11) is 0. The van der Waals surface area contributed by atoms with Gasteiger partial charge in [-0.05, 0) is 63.8 Å². The summed E-state index contributed by atoms with van der Waals surface area (Å²) in [4.78, 5) is 12.4. The number of halogens is 2. The Kier molecular flexibility index (Phi) is 7.27. The number of carbonyl (C=O) groups excluding carboxylic acids is 1. The van der Waals surface area contributed by atoms with Crippen molar-refractivity contribution in [3.63, 3.8) is 0 Å². The van der Waals surface area contributed by atoms with E-state index in [0.29, 0.717) is 29.4 Å². The van der Waals surface area contributed by atoms with Gasteiger partial charge < -0.3 is 9.15 Å². The predicted molar refractivity (Wildman–Crippen MR) is 135 cm³/mol. The maximum absolute atomic E-state index is 12.4. The van der Waals surface area contributed by atoms with Gasteiger partial charge in [0, 0.05) is 16.0 Å². The fourth-order valence-corrected chi connectivity index (χ4v) is 4.12. The molecule has 3 aromatic carbocycles. The average Bonchev–Trinajstić information content (AvgIpc) is 3.24. The van der Waals surface area contributed by atoms with Crippen LogP contribution < -0.4 is 10.2 Å². The molecule has 0 spiro atoms. The molecule has 0 fully saturated rings. The van der Waals surface area contributed by atoms with Gasteiger partial charge in [0.2, 0.25) is 0 Å². The molecule has 0 aliphatic rings. The van der Waals surface area contributed by atoms with Crippen LogP contribution in [0.15, 0.2) is 93.4 Å². The summed E-state index contributed by atoms with van der Waals surface area (Å²) in [6.07, 6.45) is 3.97. The van der Waals surface area contributed by atoms with Crippen LogP contribution in [0.4, 0.5) is 0 Å². The Morgan fingerprint density at radius 1 is 1.12 bits per heavy atom. The molecule has 1 amide bonds. The number of nitrogens with zero attached hydrogens (tertiary/aromatic N) is 1. The minimum Gasteiger partial charge on any atom is -0.487 e. The summed E-state index contributed by atoms with van der Waals surface area (Å²) in [5.41, 5.74) is 5.76. The number of ether oxygens (including phenoxy) is 1. The molecule has 5 nitrogen and oxygen atoms in total. The van der Waals surface area contributed by atoms with Gasteiger partial charge in [0.15, 0.2) is 5.76 Å². The van der Waals surface area contributed by atoms with Crippen molar-refractivity contribution in [2.24, 2.45) is 5.10 Å². The monoisotopic (exact) mass is 522 g/mol. The Hall–Kier alpha value is -3.35. The summed E-state index contributed by atoms with van der Waals surface area (Å²) in [6.45, 7) is 4.17.